The van der Waals surface area contributed by atoms with Crippen LogP contribution in [-0.2, 0) is 14.3 Å². The number of amides is 1. The third-order valence-electron chi connectivity index (χ3n) is 2.87. The van der Waals surface area contributed by atoms with Crippen molar-refractivity contribution >= 4 is 18.1 Å². The summed E-state index contributed by atoms with van der Waals surface area (Å²) in [7, 11) is 1.63. The molecule has 1 rings (SSSR count). The summed E-state index contributed by atoms with van der Waals surface area (Å²) in [6.07, 6.45) is 2.46. The lowest BCUT2D eigenvalue weighted by Gasteiger charge is -2.23. The van der Waals surface area contributed by atoms with E-state index >= 15 is 0 Å². The molecule has 0 aliphatic carbocycles. The summed E-state index contributed by atoms with van der Waals surface area (Å²) >= 11 is 0. The van der Waals surface area contributed by atoms with Crippen LogP contribution >= 0.6 is 0 Å². The van der Waals surface area contributed by atoms with Gasteiger partial charge in [-0.1, -0.05) is 6.58 Å². The van der Waals surface area contributed by atoms with E-state index in [2.05, 4.69) is 22.2 Å². The number of nitrogens with zero attached hydrogens (tertiary/aromatic N) is 1. The molecule has 110 valence electrons. The van der Waals surface area contributed by atoms with Gasteiger partial charge in [0.15, 0.2) is 5.54 Å². The fourth-order valence-electron chi connectivity index (χ4n) is 1.56. The minimum absolute atomic E-state index is 0.0360. The second-order valence-electron chi connectivity index (χ2n) is 4.22. The van der Waals surface area contributed by atoms with Gasteiger partial charge in [-0.3, -0.25) is 4.79 Å². The standard InChI is InChI=1S/C12H18N4O4/c1-8(14-2)15-6-9(5-13)10(17)16-12(11(18)19)3-4-20-7-12/h5-6,14H,1,3-4,7,13H2,2H3,(H,16,17)(H,18,19)/b9-5+,15-6?/t12-/m0/s1. The summed E-state index contributed by atoms with van der Waals surface area (Å²) in [6, 6.07) is 0. The Kier molecular flexibility index (Phi) is 5.27. The number of ether oxygens (including phenoxy) is 1. The zero-order chi connectivity index (χ0) is 15.2. The summed E-state index contributed by atoms with van der Waals surface area (Å²) in [5.74, 6) is -1.43. The quantitative estimate of drug-likeness (QED) is 0.364. The average Bonchev–Trinajstić information content (AvgIpc) is 2.88. The van der Waals surface area contributed by atoms with E-state index in [1.54, 1.807) is 7.05 Å². The van der Waals surface area contributed by atoms with Crippen molar-refractivity contribution in [2.75, 3.05) is 20.3 Å². The van der Waals surface area contributed by atoms with Gasteiger partial charge in [0.1, 0.15) is 5.82 Å². The maximum Gasteiger partial charge on any atom is 0.331 e. The van der Waals surface area contributed by atoms with Crippen LogP contribution in [-0.4, -0.2) is 49.0 Å². The number of aliphatic imine (C=N–C) groups is 1. The second kappa shape index (κ2) is 6.71. The van der Waals surface area contributed by atoms with Crippen molar-refractivity contribution in [1.82, 2.24) is 10.6 Å². The number of carbonyl (C=O) groups is 2. The van der Waals surface area contributed by atoms with Gasteiger partial charge in [0.25, 0.3) is 5.91 Å². The lowest BCUT2D eigenvalue weighted by molar-refractivity contribution is -0.147. The number of aliphatic carboxylic acids is 1. The fraction of sp³-hybridized carbons (Fsp3) is 0.417. The highest BCUT2D eigenvalue weighted by Crippen LogP contribution is 2.19. The highest BCUT2D eigenvalue weighted by atomic mass is 16.5. The Hall–Kier alpha value is -2.35. The zero-order valence-corrected chi connectivity index (χ0v) is 11.2. The predicted octanol–water partition coefficient (Wildman–Crippen LogP) is -1.05. The molecule has 0 aromatic heterocycles. The number of hydrogen-bond acceptors (Lipinski definition) is 6. The van der Waals surface area contributed by atoms with E-state index in [1.165, 1.54) is 6.21 Å². The maximum absolute atomic E-state index is 12.0. The largest absolute Gasteiger partial charge is 0.479 e. The van der Waals surface area contributed by atoms with Gasteiger partial charge >= 0.3 is 5.97 Å². The molecule has 8 nitrogen and oxygen atoms in total. The number of nitrogens with one attached hydrogen (secondary N) is 2. The maximum atomic E-state index is 12.0. The molecule has 1 heterocycles. The van der Waals surface area contributed by atoms with Crippen LogP contribution < -0.4 is 16.4 Å². The van der Waals surface area contributed by atoms with E-state index in [4.69, 9.17) is 10.5 Å². The molecule has 1 aliphatic heterocycles. The molecule has 1 aliphatic rings. The number of hydrogen-bond donors (Lipinski definition) is 4. The van der Waals surface area contributed by atoms with Gasteiger partial charge in [-0.2, -0.15) is 0 Å². The SMILES string of the molecule is C=C(N=C/C(=C\N)C(=O)N[C@@]1(C(=O)O)CCOC1)NC. The van der Waals surface area contributed by atoms with Crippen molar-refractivity contribution in [2.45, 2.75) is 12.0 Å². The molecule has 0 radical (unpaired) electrons. The van der Waals surface area contributed by atoms with Gasteiger partial charge in [-0.15, -0.1) is 0 Å². The lowest BCUT2D eigenvalue weighted by Crippen LogP contribution is -2.55. The molecule has 20 heavy (non-hydrogen) atoms. The monoisotopic (exact) mass is 282 g/mol. The van der Waals surface area contributed by atoms with Crippen LogP contribution in [0.15, 0.2) is 29.2 Å². The molecule has 0 unspecified atom stereocenters. The van der Waals surface area contributed by atoms with Crippen LogP contribution in [0.25, 0.3) is 0 Å². The van der Waals surface area contributed by atoms with E-state index in [9.17, 15) is 14.7 Å². The Labute approximate surface area is 116 Å². The molecule has 0 saturated carbocycles. The van der Waals surface area contributed by atoms with Crippen molar-refractivity contribution in [3.63, 3.8) is 0 Å². The predicted molar refractivity (Wildman–Crippen MR) is 72.9 cm³/mol. The van der Waals surface area contributed by atoms with Crippen LogP contribution in [0.1, 0.15) is 6.42 Å². The van der Waals surface area contributed by atoms with Crippen molar-refractivity contribution in [2.24, 2.45) is 10.7 Å². The van der Waals surface area contributed by atoms with Crippen LogP contribution in [0.2, 0.25) is 0 Å². The average molecular weight is 282 g/mol. The normalized spacial score (nSPS) is 22.8. The number of carboxylic acid groups (broad SMARTS) is 1. The fourth-order valence-corrected chi connectivity index (χ4v) is 1.56. The van der Waals surface area contributed by atoms with Gasteiger partial charge in [-0.05, 0) is 0 Å². The van der Waals surface area contributed by atoms with Crippen molar-refractivity contribution in [1.29, 1.82) is 0 Å². The molecule has 5 N–H and O–H groups in total. The molecule has 0 aromatic rings. The second-order valence-corrected chi connectivity index (χ2v) is 4.22. The van der Waals surface area contributed by atoms with Crippen molar-refractivity contribution in [3.8, 4) is 0 Å². The topological polar surface area (TPSA) is 126 Å². The Morgan fingerprint density at radius 1 is 1.55 bits per heavy atom. The van der Waals surface area contributed by atoms with Crippen LogP contribution in [0, 0.1) is 0 Å². The van der Waals surface area contributed by atoms with Gasteiger partial charge in [-0.25, -0.2) is 9.79 Å². The first kappa shape index (κ1) is 15.7. The van der Waals surface area contributed by atoms with Crippen LogP contribution in [0.3, 0.4) is 0 Å². The first-order valence-electron chi connectivity index (χ1n) is 5.91. The first-order valence-corrected chi connectivity index (χ1v) is 5.91. The first-order chi connectivity index (χ1) is 9.45. The molecule has 0 bridgehead atoms. The Bertz CT molecular complexity index is 464. The van der Waals surface area contributed by atoms with Crippen LogP contribution in [0.5, 0.6) is 0 Å². The Morgan fingerprint density at radius 2 is 2.25 bits per heavy atom. The van der Waals surface area contributed by atoms with E-state index in [1.807, 2.05) is 0 Å². The van der Waals surface area contributed by atoms with Gasteiger partial charge in [0.2, 0.25) is 0 Å². The number of nitrogens with two attached hydrogens (primary N) is 1. The van der Waals surface area contributed by atoms with Gasteiger partial charge in [0, 0.05) is 32.5 Å². The lowest BCUT2D eigenvalue weighted by atomic mass is 9.98. The summed E-state index contributed by atoms with van der Waals surface area (Å²) in [5, 5.41) is 14.3. The third kappa shape index (κ3) is 3.58. The smallest absolute Gasteiger partial charge is 0.331 e. The molecule has 1 atom stereocenters. The Balaban J connectivity index is 2.80. The molecule has 1 amide bonds. The summed E-state index contributed by atoms with van der Waals surface area (Å²) in [6.45, 7) is 3.76. The minimum atomic E-state index is -1.42. The molecule has 0 spiro atoms. The number of rotatable bonds is 6. The molecule has 0 aromatic carbocycles. The van der Waals surface area contributed by atoms with E-state index in [-0.39, 0.29) is 25.2 Å². The van der Waals surface area contributed by atoms with E-state index < -0.39 is 17.4 Å². The molecule has 1 fully saturated rings. The molecular formula is C12H18N4O4. The molecule has 8 heteroatoms. The molecular weight excluding hydrogens is 264 g/mol. The number of carbonyl (C=O) groups excluding carboxylic acids is 1. The van der Waals surface area contributed by atoms with Gasteiger partial charge in [0.05, 0.1) is 12.2 Å². The van der Waals surface area contributed by atoms with E-state index in [0.717, 1.165) is 6.20 Å². The Morgan fingerprint density at radius 3 is 2.70 bits per heavy atom. The summed E-state index contributed by atoms with van der Waals surface area (Å²) in [5.41, 5.74) is 3.97. The minimum Gasteiger partial charge on any atom is -0.479 e. The van der Waals surface area contributed by atoms with E-state index in [0.29, 0.717) is 5.82 Å². The zero-order valence-electron chi connectivity index (χ0n) is 11.2. The summed E-state index contributed by atoms with van der Waals surface area (Å²) < 4.78 is 5.05. The third-order valence-corrected chi connectivity index (χ3v) is 2.87. The van der Waals surface area contributed by atoms with Crippen molar-refractivity contribution in [3.05, 3.63) is 24.2 Å². The highest BCUT2D eigenvalue weighted by molar-refractivity contribution is 6.13. The van der Waals surface area contributed by atoms with Gasteiger partial charge < -0.3 is 26.2 Å². The highest BCUT2D eigenvalue weighted by Gasteiger charge is 2.44. The summed E-state index contributed by atoms with van der Waals surface area (Å²) in [4.78, 5) is 27.2. The van der Waals surface area contributed by atoms with Crippen LogP contribution in [0.4, 0.5) is 0 Å². The molecule has 1 saturated heterocycles. The number of carboxylic acids is 1. The van der Waals surface area contributed by atoms with Crippen molar-refractivity contribution < 1.29 is 19.4 Å².